The van der Waals surface area contributed by atoms with E-state index in [0.29, 0.717) is 12.5 Å². The average Bonchev–Trinajstić information content (AvgIpc) is 2.97. The second kappa shape index (κ2) is 5.08. The highest BCUT2D eigenvalue weighted by atomic mass is 16.8. The third-order valence-corrected chi connectivity index (χ3v) is 4.48. The van der Waals surface area contributed by atoms with Crippen LogP contribution in [0.5, 0.6) is 0 Å². The van der Waals surface area contributed by atoms with Gasteiger partial charge in [-0.3, -0.25) is 0 Å². The molecule has 1 fully saturated rings. The highest BCUT2D eigenvalue weighted by Crippen LogP contribution is 2.62. The van der Waals surface area contributed by atoms with Gasteiger partial charge >= 0.3 is 0 Å². The maximum Gasteiger partial charge on any atom is 0.224 e. The van der Waals surface area contributed by atoms with Gasteiger partial charge < -0.3 is 9.47 Å². The molecular formula is C20H20O2. The van der Waals surface area contributed by atoms with E-state index in [9.17, 15) is 0 Å². The fourth-order valence-electron chi connectivity index (χ4n) is 3.20. The first-order chi connectivity index (χ1) is 10.7. The zero-order chi connectivity index (χ0) is 15.2. The Hall–Kier alpha value is -1.90. The molecule has 1 unspecified atom stereocenters. The van der Waals surface area contributed by atoms with Crippen LogP contribution in [-0.2, 0) is 9.47 Å². The standard InChI is InChI=1S/C20H20O2/c1-14(2)17-13-21-20(22-17)18(15-9-5-3-6-10-15)19(20)16-11-7-4-8-12-16/h3-12,14,17H,13H2,1-2H3. The second-order valence-corrected chi connectivity index (χ2v) is 6.31. The Balaban J connectivity index is 1.75. The summed E-state index contributed by atoms with van der Waals surface area (Å²) in [5.74, 6) is -0.175. The SMILES string of the molecule is CC(C)C1COC2(O1)C(c1ccccc1)=C2c1ccccc1. The van der Waals surface area contributed by atoms with Crippen molar-refractivity contribution in [2.45, 2.75) is 25.7 Å². The summed E-state index contributed by atoms with van der Waals surface area (Å²) in [4.78, 5) is 0. The molecule has 1 aliphatic heterocycles. The van der Waals surface area contributed by atoms with Gasteiger partial charge in [-0.05, 0) is 17.0 Å². The average molecular weight is 292 g/mol. The van der Waals surface area contributed by atoms with Gasteiger partial charge in [-0.1, -0.05) is 74.5 Å². The molecule has 0 amide bonds. The summed E-state index contributed by atoms with van der Waals surface area (Å²) >= 11 is 0. The van der Waals surface area contributed by atoms with Gasteiger partial charge in [-0.25, -0.2) is 0 Å². The molecule has 2 heteroatoms. The fourth-order valence-corrected chi connectivity index (χ4v) is 3.20. The van der Waals surface area contributed by atoms with E-state index < -0.39 is 5.79 Å². The van der Waals surface area contributed by atoms with Crippen LogP contribution < -0.4 is 0 Å². The summed E-state index contributed by atoms with van der Waals surface area (Å²) in [5, 5.41) is 0. The Bertz CT molecular complexity index is 652. The first-order valence-electron chi connectivity index (χ1n) is 7.90. The van der Waals surface area contributed by atoms with Crippen LogP contribution >= 0.6 is 0 Å². The van der Waals surface area contributed by atoms with Crippen molar-refractivity contribution in [2.75, 3.05) is 6.61 Å². The lowest BCUT2D eigenvalue weighted by Crippen LogP contribution is -2.21. The third-order valence-electron chi connectivity index (χ3n) is 4.48. The van der Waals surface area contributed by atoms with Crippen molar-refractivity contribution in [1.82, 2.24) is 0 Å². The first kappa shape index (κ1) is 13.7. The number of ether oxygens (including phenoxy) is 2. The fraction of sp³-hybridized carbons (Fsp3) is 0.300. The van der Waals surface area contributed by atoms with E-state index in [2.05, 4.69) is 62.4 Å². The van der Waals surface area contributed by atoms with E-state index in [1.165, 1.54) is 22.3 Å². The summed E-state index contributed by atoms with van der Waals surface area (Å²) in [6.07, 6.45) is 0.153. The minimum Gasteiger partial charge on any atom is -0.339 e. The predicted octanol–water partition coefficient (Wildman–Crippen LogP) is 4.38. The molecule has 0 saturated carbocycles. The molecule has 1 saturated heterocycles. The van der Waals surface area contributed by atoms with Crippen molar-refractivity contribution >= 4 is 11.1 Å². The smallest absolute Gasteiger partial charge is 0.224 e. The number of benzene rings is 2. The summed E-state index contributed by atoms with van der Waals surface area (Å²) < 4.78 is 12.5. The topological polar surface area (TPSA) is 18.5 Å². The summed E-state index contributed by atoms with van der Waals surface area (Å²) in [5.41, 5.74) is 4.74. The Morgan fingerprint density at radius 1 is 0.864 bits per heavy atom. The Kier molecular flexibility index (Phi) is 3.17. The molecule has 1 spiro atoms. The summed E-state index contributed by atoms with van der Waals surface area (Å²) in [7, 11) is 0. The molecule has 1 atom stereocenters. The van der Waals surface area contributed by atoms with Gasteiger partial charge in [-0.2, -0.15) is 0 Å². The van der Waals surface area contributed by atoms with E-state index in [1.54, 1.807) is 0 Å². The molecule has 2 aromatic carbocycles. The van der Waals surface area contributed by atoms with Crippen molar-refractivity contribution in [3.05, 3.63) is 71.8 Å². The van der Waals surface area contributed by atoms with Crippen LogP contribution in [0.3, 0.4) is 0 Å². The Morgan fingerprint density at radius 2 is 1.36 bits per heavy atom. The molecular weight excluding hydrogens is 272 g/mol. The lowest BCUT2D eigenvalue weighted by Gasteiger charge is -2.16. The minimum atomic E-state index is -0.627. The maximum atomic E-state index is 6.36. The van der Waals surface area contributed by atoms with E-state index in [0.717, 1.165) is 0 Å². The predicted molar refractivity (Wildman–Crippen MR) is 88.1 cm³/mol. The van der Waals surface area contributed by atoms with Gasteiger partial charge in [0.2, 0.25) is 5.79 Å². The minimum absolute atomic E-state index is 0.153. The Labute approximate surface area is 131 Å². The van der Waals surface area contributed by atoms with E-state index in [-0.39, 0.29) is 6.10 Å². The number of rotatable bonds is 3. The van der Waals surface area contributed by atoms with Crippen LogP contribution in [0.15, 0.2) is 60.7 Å². The van der Waals surface area contributed by atoms with Crippen LogP contribution in [0.4, 0.5) is 0 Å². The van der Waals surface area contributed by atoms with Gasteiger partial charge in [0.05, 0.1) is 12.7 Å². The van der Waals surface area contributed by atoms with Gasteiger partial charge in [0.25, 0.3) is 0 Å². The van der Waals surface area contributed by atoms with Gasteiger partial charge in [0.15, 0.2) is 0 Å². The van der Waals surface area contributed by atoms with E-state index in [1.807, 2.05) is 12.1 Å². The molecule has 4 rings (SSSR count). The van der Waals surface area contributed by atoms with E-state index >= 15 is 0 Å². The summed E-state index contributed by atoms with van der Waals surface area (Å²) in [6, 6.07) is 20.8. The lowest BCUT2D eigenvalue weighted by atomic mass is 10.1. The van der Waals surface area contributed by atoms with Crippen molar-refractivity contribution in [3.63, 3.8) is 0 Å². The molecule has 1 heterocycles. The molecule has 112 valence electrons. The molecule has 2 nitrogen and oxygen atoms in total. The van der Waals surface area contributed by atoms with Crippen LogP contribution in [0.1, 0.15) is 25.0 Å². The largest absolute Gasteiger partial charge is 0.339 e. The molecule has 22 heavy (non-hydrogen) atoms. The monoisotopic (exact) mass is 292 g/mol. The molecule has 0 bridgehead atoms. The maximum absolute atomic E-state index is 6.36. The molecule has 0 N–H and O–H groups in total. The molecule has 0 radical (unpaired) electrons. The highest BCUT2D eigenvalue weighted by molar-refractivity contribution is 6.16. The lowest BCUT2D eigenvalue weighted by molar-refractivity contribution is -0.0563. The molecule has 2 aromatic rings. The second-order valence-electron chi connectivity index (χ2n) is 6.31. The zero-order valence-electron chi connectivity index (χ0n) is 13.0. The number of hydrogen-bond donors (Lipinski definition) is 0. The van der Waals surface area contributed by atoms with Crippen molar-refractivity contribution in [3.8, 4) is 0 Å². The molecule has 2 aliphatic rings. The van der Waals surface area contributed by atoms with Crippen LogP contribution in [-0.4, -0.2) is 18.5 Å². The van der Waals surface area contributed by atoms with Crippen LogP contribution in [0.2, 0.25) is 0 Å². The quantitative estimate of drug-likeness (QED) is 0.836. The van der Waals surface area contributed by atoms with Crippen molar-refractivity contribution < 1.29 is 9.47 Å². The van der Waals surface area contributed by atoms with Gasteiger partial charge in [-0.15, -0.1) is 0 Å². The van der Waals surface area contributed by atoms with Crippen LogP contribution in [0, 0.1) is 5.92 Å². The van der Waals surface area contributed by atoms with Gasteiger partial charge in [0, 0.05) is 11.1 Å². The first-order valence-corrected chi connectivity index (χ1v) is 7.90. The number of hydrogen-bond acceptors (Lipinski definition) is 2. The summed E-state index contributed by atoms with van der Waals surface area (Å²) in [6.45, 7) is 5.02. The van der Waals surface area contributed by atoms with Crippen molar-refractivity contribution in [2.24, 2.45) is 5.92 Å². The van der Waals surface area contributed by atoms with Gasteiger partial charge in [0.1, 0.15) is 0 Å². The molecule has 1 aliphatic carbocycles. The molecule has 0 aromatic heterocycles. The normalized spacial score (nSPS) is 22.6. The Morgan fingerprint density at radius 3 is 1.77 bits per heavy atom. The highest BCUT2D eigenvalue weighted by Gasteiger charge is 2.62. The third kappa shape index (κ3) is 2.03. The zero-order valence-corrected chi connectivity index (χ0v) is 13.0. The van der Waals surface area contributed by atoms with Crippen LogP contribution in [0.25, 0.3) is 11.1 Å². The van der Waals surface area contributed by atoms with E-state index in [4.69, 9.17) is 9.47 Å². The van der Waals surface area contributed by atoms with Crippen molar-refractivity contribution in [1.29, 1.82) is 0 Å².